The molecule has 1 aliphatic heterocycles. The van der Waals surface area contributed by atoms with Gasteiger partial charge in [-0.25, -0.2) is 0 Å². The van der Waals surface area contributed by atoms with E-state index >= 15 is 0 Å². The summed E-state index contributed by atoms with van der Waals surface area (Å²) in [5.74, 6) is 0.899. The zero-order chi connectivity index (χ0) is 13.7. The monoisotopic (exact) mass is 327 g/mol. The van der Waals surface area contributed by atoms with Gasteiger partial charge in [0.15, 0.2) is 0 Å². The van der Waals surface area contributed by atoms with Crippen molar-refractivity contribution < 1.29 is 9.84 Å². The predicted octanol–water partition coefficient (Wildman–Crippen LogP) is 2.92. The zero-order valence-corrected chi connectivity index (χ0v) is 13.0. The fourth-order valence-corrected chi connectivity index (χ4v) is 2.97. The van der Waals surface area contributed by atoms with Gasteiger partial charge in [-0.2, -0.15) is 0 Å². The van der Waals surface area contributed by atoms with Crippen LogP contribution in [0.15, 0.2) is 28.7 Å². The lowest BCUT2D eigenvalue weighted by Crippen LogP contribution is -2.45. The number of benzene rings is 1. The molecule has 0 aromatic heterocycles. The van der Waals surface area contributed by atoms with Crippen molar-refractivity contribution >= 4 is 15.9 Å². The molecule has 1 aromatic carbocycles. The number of rotatable bonds is 5. The third-order valence-corrected chi connectivity index (χ3v) is 4.21. The minimum Gasteiger partial charge on any atom is -0.492 e. The van der Waals surface area contributed by atoms with E-state index < -0.39 is 0 Å². The Kier molecular flexibility index (Phi) is 5.25. The summed E-state index contributed by atoms with van der Waals surface area (Å²) in [6.07, 6.45) is 2.28. The Hall–Kier alpha value is -0.580. The third kappa shape index (κ3) is 4.48. The van der Waals surface area contributed by atoms with Crippen molar-refractivity contribution in [2.45, 2.75) is 19.8 Å². The van der Waals surface area contributed by atoms with Crippen LogP contribution in [0.4, 0.5) is 0 Å². The Morgan fingerprint density at radius 1 is 1.47 bits per heavy atom. The van der Waals surface area contributed by atoms with Gasteiger partial charge < -0.3 is 9.84 Å². The maximum atomic E-state index is 9.44. The molecule has 0 bridgehead atoms. The van der Waals surface area contributed by atoms with E-state index in [2.05, 4.69) is 27.8 Å². The van der Waals surface area contributed by atoms with Gasteiger partial charge in [-0.15, -0.1) is 0 Å². The van der Waals surface area contributed by atoms with Crippen molar-refractivity contribution in [1.29, 1.82) is 0 Å². The molecule has 0 saturated carbocycles. The second kappa shape index (κ2) is 6.73. The van der Waals surface area contributed by atoms with E-state index in [0.29, 0.717) is 6.61 Å². The molecular weight excluding hydrogens is 306 g/mol. The van der Waals surface area contributed by atoms with Gasteiger partial charge in [0.25, 0.3) is 0 Å². The van der Waals surface area contributed by atoms with Crippen molar-refractivity contribution in [1.82, 2.24) is 4.90 Å². The highest BCUT2D eigenvalue weighted by Crippen LogP contribution is 2.28. The van der Waals surface area contributed by atoms with Gasteiger partial charge in [0, 0.05) is 29.6 Å². The molecule has 1 unspecified atom stereocenters. The molecule has 2 rings (SSSR count). The molecular formula is C15H22BrNO2. The maximum absolute atomic E-state index is 9.44. The number of piperidine rings is 1. The van der Waals surface area contributed by atoms with Crippen molar-refractivity contribution in [2.24, 2.45) is 5.41 Å². The molecule has 1 atom stereocenters. The number of nitrogens with zero attached hydrogens (tertiary/aromatic N) is 1. The lowest BCUT2D eigenvalue weighted by molar-refractivity contribution is 0.0406. The molecule has 1 heterocycles. The van der Waals surface area contributed by atoms with Crippen molar-refractivity contribution in [3.63, 3.8) is 0 Å². The van der Waals surface area contributed by atoms with Crippen LogP contribution in [-0.4, -0.2) is 42.9 Å². The minimum absolute atomic E-state index is 0.0635. The Morgan fingerprint density at radius 3 is 3.05 bits per heavy atom. The molecule has 0 amide bonds. The van der Waals surface area contributed by atoms with Crippen LogP contribution >= 0.6 is 15.9 Å². The van der Waals surface area contributed by atoms with E-state index in [1.54, 1.807) is 0 Å². The summed E-state index contributed by atoms with van der Waals surface area (Å²) in [7, 11) is 0. The van der Waals surface area contributed by atoms with Crippen LogP contribution in [0.2, 0.25) is 0 Å². The van der Waals surface area contributed by atoms with Crippen LogP contribution < -0.4 is 4.74 Å². The molecule has 1 saturated heterocycles. The van der Waals surface area contributed by atoms with Gasteiger partial charge in [-0.1, -0.05) is 28.9 Å². The average Bonchev–Trinajstić information content (AvgIpc) is 2.39. The van der Waals surface area contributed by atoms with Crippen LogP contribution in [0.25, 0.3) is 0 Å². The van der Waals surface area contributed by atoms with Gasteiger partial charge in [0.2, 0.25) is 0 Å². The first kappa shape index (κ1) is 14.8. The summed E-state index contributed by atoms with van der Waals surface area (Å²) in [5, 5.41) is 9.44. The molecule has 0 spiro atoms. The molecule has 4 heteroatoms. The number of halogens is 1. The summed E-state index contributed by atoms with van der Waals surface area (Å²) >= 11 is 3.44. The summed E-state index contributed by atoms with van der Waals surface area (Å²) < 4.78 is 6.80. The van der Waals surface area contributed by atoms with E-state index in [9.17, 15) is 5.11 Å². The van der Waals surface area contributed by atoms with Gasteiger partial charge in [0.1, 0.15) is 12.4 Å². The fraction of sp³-hybridized carbons (Fsp3) is 0.600. The molecule has 1 aliphatic rings. The molecule has 0 radical (unpaired) electrons. The average molecular weight is 328 g/mol. The normalized spacial score (nSPS) is 24.4. The first-order chi connectivity index (χ1) is 9.11. The van der Waals surface area contributed by atoms with E-state index in [1.807, 2.05) is 24.3 Å². The minimum atomic E-state index is 0.0635. The first-order valence-electron chi connectivity index (χ1n) is 6.83. The van der Waals surface area contributed by atoms with Gasteiger partial charge in [0.05, 0.1) is 0 Å². The van der Waals surface area contributed by atoms with Gasteiger partial charge in [-0.05, 0) is 37.6 Å². The summed E-state index contributed by atoms with van der Waals surface area (Å²) in [5.41, 5.74) is 0.0635. The summed E-state index contributed by atoms with van der Waals surface area (Å²) in [6.45, 7) is 6.12. The van der Waals surface area contributed by atoms with Crippen LogP contribution in [0, 0.1) is 5.41 Å². The van der Waals surface area contributed by atoms with Gasteiger partial charge in [-0.3, -0.25) is 4.90 Å². The first-order valence-corrected chi connectivity index (χ1v) is 7.62. The third-order valence-electron chi connectivity index (χ3n) is 3.71. The van der Waals surface area contributed by atoms with Crippen molar-refractivity contribution in [3.05, 3.63) is 28.7 Å². The number of aliphatic hydroxyl groups excluding tert-OH is 1. The largest absolute Gasteiger partial charge is 0.492 e. The number of ether oxygens (including phenoxy) is 1. The van der Waals surface area contributed by atoms with Gasteiger partial charge >= 0.3 is 0 Å². The molecule has 106 valence electrons. The SMILES string of the molecule is CC1(CO)CCCN(CCOc2cccc(Br)c2)C1. The molecule has 1 N–H and O–H groups in total. The van der Waals surface area contributed by atoms with Crippen molar-refractivity contribution in [3.8, 4) is 5.75 Å². The fourth-order valence-electron chi connectivity index (χ4n) is 2.60. The number of likely N-dealkylation sites (tertiary alicyclic amines) is 1. The Balaban J connectivity index is 1.76. The van der Waals surface area contributed by atoms with Crippen LogP contribution in [0.3, 0.4) is 0 Å². The zero-order valence-electron chi connectivity index (χ0n) is 11.4. The molecule has 19 heavy (non-hydrogen) atoms. The second-order valence-corrected chi connectivity index (χ2v) is 6.57. The summed E-state index contributed by atoms with van der Waals surface area (Å²) in [6, 6.07) is 7.92. The number of hydrogen-bond donors (Lipinski definition) is 1. The Labute approximate surface area is 123 Å². The molecule has 0 aliphatic carbocycles. The predicted molar refractivity (Wildman–Crippen MR) is 80.5 cm³/mol. The Bertz CT molecular complexity index is 413. The smallest absolute Gasteiger partial charge is 0.120 e. The number of aliphatic hydroxyl groups is 1. The quantitative estimate of drug-likeness (QED) is 0.902. The number of hydrogen-bond acceptors (Lipinski definition) is 3. The lowest BCUT2D eigenvalue weighted by Gasteiger charge is -2.39. The van der Waals surface area contributed by atoms with Crippen LogP contribution in [0.5, 0.6) is 5.75 Å². The highest BCUT2D eigenvalue weighted by Gasteiger charge is 2.29. The standard InChI is InChI=1S/C15H22BrNO2/c1-15(12-18)6-3-7-17(11-15)8-9-19-14-5-2-4-13(16)10-14/h2,4-5,10,18H,3,6-9,11-12H2,1H3. The Morgan fingerprint density at radius 2 is 2.32 bits per heavy atom. The topological polar surface area (TPSA) is 32.7 Å². The molecule has 3 nitrogen and oxygen atoms in total. The highest BCUT2D eigenvalue weighted by atomic mass is 79.9. The van der Waals surface area contributed by atoms with E-state index in [4.69, 9.17) is 4.74 Å². The molecule has 1 fully saturated rings. The maximum Gasteiger partial charge on any atom is 0.120 e. The van der Waals surface area contributed by atoms with E-state index in [1.165, 1.54) is 0 Å². The molecule has 1 aromatic rings. The second-order valence-electron chi connectivity index (χ2n) is 5.65. The highest BCUT2D eigenvalue weighted by molar-refractivity contribution is 9.10. The van der Waals surface area contributed by atoms with Crippen LogP contribution in [-0.2, 0) is 0 Å². The van der Waals surface area contributed by atoms with Crippen LogP contribution in [0.1, 0.15) is 19.8 Å². The van der Waals surface area contributed by atoms with E-state index in [0.717, 1.165) is 42.7 Å². The summed E-state index contributed by atoms with van der Waals surface area (Å²) in [4.78, 5) is 2.39. The van der Waals surface area contributed by atoms with Crippen molar-refractivity contribution in [2.75, 3.05) is 32.8 Å². The van der Waals surface area contributed by atoms with E-state index in [-0.39, 0.29) is 12.0 Å². The lowest BCUT2D eigenvalue weighted by atomic mass is 9.83.